The van der Waals surface area contributed by atoms with Crippen molar-refractivity contribution in [3.63, 3.8) is 0 Å². The quantitative estimate of drug-likeness (QED) is 0.439. The van der Waals surface area contributed by atoms with Crippen LogP contribution in [0, 0.1) is 25.1 Å². The summed E-state index contributed by atoms with van der Waals surface area (Å²) in [6.45, 7) is 5.75. The average molecular weight is 485 g/mol. The van der Waals surface area contributed by atoms with Crippen molar-refractivity contribution in [1.82, 2.24) is 19.6 Å². The number of benzene rings is 1. The van der Waals surface area contributed by atoms with E-state index in [1.807, 2.05) is 23.6 Å². The van der Waals surface area contributed by atoms with Crippen LogP contribution in [0.15, 0.2) is 36.5 Å². The lowest BCUT2D eigenvalue weighted by Gasteiger charge is -2.42. The normalized spacial score (nSPS) is 19.2. The van der Waals surface area contributed by atoms with E-state index in [2.05, 4.69) is 16.9 Å². The fourth-order valence-corrected chi connectivity index (χ4v) is 6.58. The number of anilines is 1. The van der Waals surface area contributed by atoms with Gasteiger partial charge in [-0.05, 0) is 56.7 Å². The molecule has 6 nitrogen and oxygen atoms in total. The lowest BCUT2D eigenvalue weighted by Crippen LogP contribution is -2.44. The molecule has 1 spiro atoms. The molecule has 0 radical (unpaired) electrons. The summed E-state index contributed by atoms with van der Waals surface area (Å²) in [6.07, 6.45) is 4.75. The van der Waals surface area contributed by atoms with Crippen LogP contribution in [-0.2, 0) is 6.42 Å². The first-order chi connectivity index (χ1) is 15.5. The molecule has 9 heteroatoms. The molecule has 1 atom stereocenters. The number of fused-ring (bicyclic) bond motifs is 2. The Morgan fingerprint density at radius 3 is 2.61 bits per heavy atom. The Kier molecular flexibility index (Phi) is 5.42. The molecule has 0 bridgehead atoms. The van der Waals surface area contributed by atoms with Crippen molar-refractivity contribution in [1.29, 1.82) is 0 Å². The van der Waals surface area contributed by atoms with Crippen LogP contribution in [0.1, 0.15) is 40.2 Å². The number of hydrogen-bond acceptors (Lipinski definition) is 6. The van der Waals surface area contributed by atoms with Crippen LogP contribution in [-0.4, -0.2) is 32.7 Å². The highest BCUT2D eigenvalue weighted by Gasteiger charge is 2.48. The summed E-state index contributed by atoms with van der Waals surface area (Å²) in [4.78, 5) is 13.3. The molecule has 1 aliphatic heterocycles. The van der Waals surface area contributed by atoms with Crippen LogP contribution >= 0.6 is 23.7 Å². The van der Waals surface area contributed by atoms with Gasteiger partial charge in [-0.25, -0.2) is 18.9 Å². The molecule has 1 saturated heterocycles. The van der Waals surface area contributed by atoms with Crippen molar-refractivity contribution in [2.45, 2.75) is 39.2 Å². The van der Waals surface area contributed by atoms with Gasteiger partial charge >= 0.3 is 0 Å². The first-order valence-corrected chi connectivity index (χ1v) is 11.8. The molecule has 1 aliphatic carbocycles. The molecule has 6 rings (SSSR count). The molecule has 4 heterocycles. The summed E-state index contributed by atoms with van der Waals surface area (Å²) >= 11 is 1.75. The smallest absolute Gasteiger partial charge is 0.155 e. The summed E-state index contributed by atoms with van der Waals surface area (Å²) in [5.74, 6) is 0.638. The van der Waals surface area contributed by atoms with E-state index in [9.17, 15) is 4.39 Å². The number of nitrogens with zero attached hydrogens (tertiary/aromatic N) is 5. The maximum absolute atomic E-state index is 14.6. The SMILES string of the molecule is Cc1nc2c(s1)[C@@H](N)C1(CCN(c3nc(C)c(-c4ccccc4F)n4nccc34)CC1)C2.Cl. The van der Waals surface area contributed by atoms with Crippen molar-refractivity contribution in [2.24, 2.45) is 11.1 Å². The van der Waals surface area contributed by atoms with Gasteiger partial charge in [0.2, 0.25) is 0 Å². The minimum atomic E-state index is -0.270. The van der Waals surface area contributed by atoms with Crippen LogP contribution in [0.3, 0.4) is 0 Å². The number of hydrogen-bond donors (Lipinski definition) is 1. The number of nitrogens with two attached hydrogens (primary N) is 1. The van der Waals surface area contributed by atoms with Gasteiger partial charge in [0.15, 0.2) is 5.82 Å². The van der Waals surface area contributed by atoms with E-state index in [0.717, 1.165) is 54.4 Å². The zero-order chi connectivity index (χ0) is 22.0. The highest BCUT2D eigenvalue weighted by atomic mass is 35.5. The monoisotopic (exact) mass is 484 g/mol. The van der Waals surface area contributed by atoms with Crippen molar-refractivity contribution in [2.75, 3.05) is 18.0 Å². The van der Waals surface area contributed by atoms with Crippen LogP contribution in [0.2, 0.25) is 0 Å². The predicted octanol–water partition coefficient (Wildman–Crippen LogP) is 4.87. The van der Waals surface area contributed by atoms with Gasteiger partial charge in [0.05, 0.1) is 28.3 Å². The number of aromatic nitrogens is 4. The summed E-state index contributed by atoms with van der Waals surface area (Å²) in [6, 6.07) is 8.82. The molecule has 33 heavy (non-hydrogen) atoms. The molecule has 0 saturated carbocycles. The second-order valence-corrected chi connectivity index (χ2v) is 10.3. The lowest BCUT2D eigenvalue weighted by atomic mass is 9.74. The zero-order valence-electron chi connectivity index (χ0n) is 18.6. The molecule has 2 N–H and O–H groups in total. The molecule has 1 fully saturated rings. The van der Waals surface area contributed by atoms with E-state index in [1.54, 1.807) is 29.7 Å². The second-order valence-electron chi connectivity index (χ2n) is 9.03. The van der Waals surface area contributed by atoms with Crippen LogP contribution in [0.4, 0.5) is 10.2 Å². The molecule has 2 aliphatic rings. The molecule has 1 aromatic carbocycles. The molecule has 3 aromatic heterocycles. The third kappa shape index (κ3) is 3.34. The largest absolute Gasteiger partial charge is 0.355 e. The number of thiazole rings is 1. The molecule has 0 amide bonds. The topological polar surface area (TPSA) is 72.3 Å². The summed E-state index contributed by atoms with van der Waals surface area (Å²) in [7, 11) is 0. The van der Waals surface area contributed by atoms with E-state index in [-0.39, 0.29) is 29.7 Å². The Morgan fingerprint density at radius 2 is 1.88 bits per heavy atom. The first-order valence-electron chi connectivity index (χ1n) is 11.0. The summed E-state index contributed by atoms with van der Waals surface area (Å²) in [5.41, 5.74) is 10.9. The van der Waals surface area contributed by atoms with Crippen molar-refractivity contribution in [3.05, 3.63) is 63.6 Å². The van der Waals surface area contributed by atoms with E-state index < -0.39 is 0 Å². The highest BCUT2D eigenvalue weighted by molar-refractivity contribution is 7.11. The Hall–Kier alpha value is -2.55. The maximum atomic E-state index is 14.6. The number of rotatable bonds is 2. The second kappa shape index (κ2) is 8.04. The molecule has 172 valence electrons. The molecule has 4 aromatic rings. The Labute approximate surface area is 202 Å². The Morgan fingerprint density at radius 1 is 1.12 bits per heavy atom. The summed E-state index contributed by atoms with van der Waals surface area (Å²) < 4.78 is 16.4. The zero-order valence-corrected chi connectivity index (χ0v) is 20.2. The van der Waals surface area contributed by atoms with E-state index in [4.69, 9.17) is 15.7 Å². The van der Waals surface area contributed by atoms with E-state index >= 15 is 0 Å². The van der Waals surface area contributed by atoms with Gasteiger partial charge in [0, 0.05) is 29.6 Å². The highest BCUT2D eigenvalue weighted by Crippen LogP contribution is 2.52. The van der Waals surface area contributed by atoms with Gasteiger partial charge in [0.1, 0.15) is 11.3 Å². The maximum Gasteiger partial charge on any atom is 0.155 e. The van der Waals surface area contributed by atoms with Crippen molar-refractivity contribution >= 4 is 35.1 Å². The van der Waals surface area contributed by atoms with Crippen molar-refractivity contribution in [3.8, 4) is 11.3 Å². The van der Waals surface area contributed by atoms with E-state index in [1.165, 1.54) is 16.6 Å². The van der Waals surface area contributed by atoms with Gasteiger partial charge in [0.25, 0.3) is 0 Å². The Balaban J connectivity index is 0.00000228. The first kappa shape index (κ1) is 22.3. The fraction of sp³-hybridized carbons (Fsp3) is 0.375. The van der Waals surface area contributed by atoms with Gasteiger partial charge in [-0.1, -0.05) is 12.1 Å². The van der Waals surface area contributed by atoms with Gasteiger partial charge in [-0.2, -0.15) is 5.10 Å². The van der Waals surface area contributed by atoms with Gasteiger partial charge < -0.3 is 10.6 Å². The molecular weight excluding hydrogens is 459 g/mol. The minimum Gasteiger partial charge on any atom is -0.355 e. The van der Waals surface area contributed by atoms with Crippen LogP contribution in [0.5, 0.6) is 0 Å². The third-order valence-corrected chi connectivity index (χ3v) is 8.28. The number of piperidine rings is 1. The standard InChI is InChI=1S/C24H25FN6S.ClH/c1-14-20(16-5-3-4-6-17(16)25)31-19(7-10-27-31)23(28-14)30-11-8-24(9-12-30)13-18-21(22(24)26)32-15(2)29-18;/h3-7,10,22H,8-9,11-13,26H2,1-2H3;1H/t22-;/m1./s1. The van der Waals surface area contributed by atoms with E-state index in [0.29, 0.717) is 11.3 Å². The lowest BCUT2D eigenvalue weighted by molar-refractivity contribution is 0.187. The molecule has 0 unspecified atom stereocenters. The predicted molar refractivity (Wildman–Crippen MR) is 132 cm³/mol. The number of halogens is 2. The minimum absolute atomic E-state index is 0. The van der Waals surface area contributed by atoms with Crippen molar-refractivity contribution < 1.29 is 4.39 Å². The Bertz CT molecular complexity index is 1340. The molecular formula is C24H26ClFN6S. The van der Waals surface area contributed by atoms with Gasteiger partial charge in [-0.15, -0.1) is 23.7 Å². The summed E-state index contributed by atoms with van der Waals surface area (Å²) in [5, 5.41) is 5.63. The van der Waals surface area contributed by atoms with Crippen LogP contribution < -0.4 is 10.6 Å². The van der Waals surface area contributed by atoms with Gasteiger partial charge in [-0.3, -0.25) is 0 Å². The number of aryl methyl sites for hydroxylation is 2. The van der Waals surface area contributed by atoms with Crippen LogP contribution in [0.25, 0.3) is 16.8 Å². The fourth-order valence-electron chi connectivity index (χ4n) is 5.50. The average Bonchev–Trinajstić information content (AvgIpc) is 3.46. The third-order valence-electron chi connectivity index (χ3n) is 7.18.